The number of hydrogen-bond donors (Lipinski definition) is 3. The number of rotatable bonds is 5. The Morgan fingerprint density at radius 1 is 1.45 bits per heavy atom. The van der Waals surface area contributed by atoms with Crippen LogP contribution in [-0.2, 0) is 23.2 Å². The van der Waals surface area contributed by atoms with Crippen molar-refractivity contribution in [1.82, 2.24) is 14.9 Å². The van der Waals surface area contributed by atoms with E-state index in [4.69, 9.17) is 0 Å². The first kappa shape index (κ1) is 15.2. The number of sulfonamides is 1. The third-order valence-corrected chi connectivity index (χ3v) is 4.67. The lowest BCUT2D eigenvalue weighted by molar-refractivity contribution is 0.277. The molecule has 0 aliphatic carbocycles. The molecule has 0 unspecified atom stereocenters. The first-order valence-electron chi connectivity index (χ1n) is 5.83. The van der Waals surface area contributed by atoms with Gasteiger partial charge < -0.3 is 5.11 Å². The fourth-order valence-electron chi connectivity index (χ4n) is 1.73. The Labute approximate surface area is 125 Å². The Morgan fingerprint density at radius 2 is 2.20 bits per heavy atom. The average molecular weight is 360 g/mol. The molecule has 8 heteroatoms. The second kappa shape index (κ2) is 6.04. The van der Waals surface area contributed by atoms with Crippen LogP contribution in [0.5, 0.6) is 0 Å². The summed E-state index contributed by atoms with van der Waals surface area (Å²) in [4.78, 5) is 0. The summed E-state index contributed by atoms with van der Waals surface area (Å²) in [5.41, 5.74) is 1.64. The number of aromatic amines is 1. The van der Waals surface area contributed by atoms with E-state index in [1.54, 1.807) is 6.92 Å². The molecular weight excluding hydrogens is 346 g/mol. The largest absolute Gasteiger partial charge is 0.392 e. The minimum Gasteiger partial charge on any atom is -0.392 e. The van der Waals surface area contributed by atoms with Gasteiger partial charge in [-0.1, -0.05) is 28.1 Å². The van der Waals surface area contributed by atoms with Gasteiger partial charge in [0.1, 0.15) is 0 Å². The molecule has 1 aromatic carbocycles. The molecule has 0 radical (unpaired) electrons. The molecule has 1 aromatic heterocycles. The molecule has 1 heterocycles. The molecule has 0 atom stereocenters. The Kier molecular flexibility index (Phi) is 4.59. The number of benzene rings is 1. The lowest BCUT2D eigenvalue weighted by atomic mass is 10.2. The fraction of sp³-hybridized carbons (Fsp3) is 0.250. The van der Waals surface area contributed by atoms with Crippen LogP contribution >= 0.6 is 15.9 Å². The van der Waals surface area contributed by atoms with Crippen LogP contribution in [0.2, 0.25) is 0 Å². The highest BCUT2D eigenvalue weighted by molar-refractivity contribution is 9.10. The van der Waals surface area contributed by atoms with E-state index in [9.17, 15) is 13.5 Å². The van der Waals surface area contributed by atoms with Crippen molar-refractivity contribution >= 4 is 26.0 Å². The van der Waals surface area contributed by atoms with E-state index in [0.717, 1.165) is 10.0 Å². The summed E-state index contributed by atoms with van der Waals surface area (Å²) in [5.74, 6) is 0. The van der Waals surface area contributed by atoms with Gasteiger partial charge in [0.2, 0.25) is 0 Å². The molecule has 0 fully saturated rings. The molecule has 6 nitrogen and oxygen atoms in total. The van der Waals surface area contributed by atoms with Crippen molar-refractivity contribution in [2.75, 3.05) is 0 Å². The van der Waals surface area contributed by atoms with Crippen molar-refractivity contribution in [3.8, 4) is 0 Å². The van der Waals surface area contributed by atoms with Crippen molar-refractivity contribution in [1.29, 1.82) is 0 Å². The summed E-state index contributed by atoms with van der Waals surface area (Å²) in [7, 11) is -3.76. The van der Waals surface area contributed by atoms with Crippen molar-refractivity contribution in [3.05, 3.63) is 45.6 Å². The molecule has 0 aliphatic rings. The van der Waals surface area contributed by atoms with Gasteiger partial charge in [-0.3, -0.25) is 5.10 Å². The van der Waals surface area contributed by atoms with E-state index in [2.05, 4.69) is 30.8 Å². The number of hydrogen-bond acceptors (Lipinski definition) is 4. The minimum atomic E-state index is -3.76. The standard InChI is InChI=1S/C12H14BrN3O3S/c1-8-11(7-17)12(16-15-8)20(18,19)14-6-9-3-2-4-10(13)5-9/h2-5,14,17H,6-7H2,1H3,(H,15,16). The molecule has 3 N–H and O–H groups in total. The van der Waals surface area contributed by atoms with Gasteiger partial charge in [0.05, 0.1) is 6.61 Å². The highest BCUT2D eigenvalue weighted by Gasteiger charge is 2.23. The van der Waals surface area contributed by atoms with E-state index in [1.165, 1.54) is 0 Å². The molecule has 0 saturated heterocycles. The number of aliphatic hydroxyl groups excluding tert-OH is 1. The second-order valence-electron chi connectivity index (χ2n) is 4.24. The number of aromatic nitrogens is 2. The summed E-state index contributed by atoms with van der Waals surface area (Å²) < 4.78 is 27.7. The molecular formula is C12H14BrN3O3S. The van der Waals surface area contributed by atoms with Crippen LogP contribution < -0.4 is 4.72 Å². The highest BCUT2D eigenvalue weighted by atomic mass is 79.9. The minimum absolute atomic E-state index is 0.151. The Morgan fingerprint density at radius 3 is 2.85 bits per heavy atom. The zero-order chi connectivity index (χ0) is 14.8. The van der Waals surface area contributed by atoms with E-state index in [1.807, 2.05) is 24.3 Å². The maximum Gasteiger partial charge on any atom is 0.260 e. The molecule has 0 bridgehead atoms. The SMILES string of the molecule is Cc1[nH]nc(S(=O)(=O)NCc2cccc(Br)c2)c1CO. The third-order valence-electron chi connectivity index (χ3n) is 2.80. The van der Waals surface area contributed by atoms with E-state index in [-0.39, 0.29) is 23.7 Å². The van der Waals surface area contributed by atoms with E-state index < -0.39 is 10.0 Å². The number of nitrogens with zero attached hydrogens (tertiary/aromatic N) is 1. The van der Waals surface area contributed by atoms with Gasteiger partial charge in [-0.15, -0.1) is 0 Å². The number of halogens is 1. The summed E-state index contributed by atoms with van der Waals surface area (Å²) in [6, 6.07) is 7.33. The summed E-state index contributed by atoms with van der Waals surface area (Å²) in [6.45, 7) is 1.43. The van der Waals surface area contributed by atoms with E-state index >= 15 is 0 Å². The summed E-state index contributed by atoms with van der Waals surface area (Å²) >= 11 is 3.33. The maximum atomic E-state index is 12.2. The van der Waals surface area contributed by atoms with Crippen LogP contribution in [0.3, 0.4) is 0 Å². The van der Waals surface area contributed by atoms with Crippen molar-refractivity contribution in [2.24, 2.45) is 0 Å². The monoisotopic (exact) mass is 359 g/mol. The number of aliphatic hydroxyl groups is 1. The van der Waals surface area contributed by atoms with Gasteiger partial charge in [-0.25, -0.2) is 13.1 Å². The second-order valence-corrected chi connectivity index (χ2v) is 6.84. The summed E-state index contributed by atoms with van der Waals surface area (Å²) in [5, 5.41) is 15.4. The topological polar surface area (TPSA) is 95.1 Å². The fourth-order valence-corrected chi connectivity index (χ4v) is 3.38. The molecule has 2 aromatic rings. The zero-order valence-corrected chi connectivity index (χ0v) is 13.1. The number of aryl methyl sites for hydroxylation is 1. The molecule has 0 saturated carbocycles. The predicted molar refractivity (Wildman–Crippen MR) is 77.4 cm³/mol. The molecule has 0 aliphatic heterocycles. The number of nitrogens with one attached hydrogen (secondary N) is 2. The third kappa shape index (κ3) is 3.26. The predicted octanol–water partition coefficient (Wildman–Crippen LogP) is 1.45. The first-order chi connectivity index (χ1) is 9.44. The van der Waals surface area contributed by atoms with Gasteiger partial charge in [-0.2, -0.15) is 5.10 Å². The van der Waals surface area contributed by atoms with Gasteiger partial charge in [0, 0.05) is 22.3 Å². The first-order valence-corrected chi connectivity index (χ1v) is 8.10. The van der Waals surface area contributed by atoms with Crippen LogP contribution in [0.15, 0.2) is 33.8 Å². The van der Waals surface area contributed by atoms with E-state index in [0.29, 0.717) is 5.69 Å². The average Bonchev–Trinajstić information content (AvgIpc) is 2.78. The van der Waals surface area contributed by atoms with Crippen molar-refractivity contribution < 1.29 is 13.5 Å². The van der Waals surface area contributed by atoms with Crippen LogP contribution in [0.4, 0.5) is 0 Å². The lowest BCUT2D eigenvalue weighted by Crippen LogP contribution is -2.24. The highest BCUT2D eigenvalue weighted by Crippen LogP contribution is 2.17. The number of H-pyrrole nitrogens is 1. The molecule has 20 heavy (non-hydrogen) atoms. The van der Waals surface area contributed by atoms with Gasteiger partial charge >= 0.3 is 0 Å². The molecule has 0 spiro atoms. The van der Waals surface area contributed by atoms with Crippen LogP contribution in [0.1, 0.15) is 16.8 Å². The smallest absolute Gasteiger partial charge is 0.260 e. The van der Waals surface area contributed by atoms with Crippen LogP contribution in [-0.4, -0.2) is 23.7 Å². The molecule has 2 rings (SSSR count). The maximum absolute atomic E-state index is 12.2. The lowest BCUT2D eigenvalue weighted by Gasteiger charge is -2.06. The van der Waals surface area contributed by atoms with Crippen LogP contribution in [0, 0.1) is 6.92 Å². The van der Waals surface area contributed by atoms with Gasteiger partial charge in [-0.05, 0) is 24.6 Å². The van der Waals surface area contributed by atoms with Gasteiger partial charge in [0.25, 0.3) is 10.0 Å². The zero-order valence-electron chi connectivity index (χ0n) is 10.7. The Balaban J connectivity index is 2.19. The molecule has 108 valence electrons. The van der Waals surface area contributed by atoms with Crippen molar-refractivity contribution in [3.63, 3.8) is 0 Å². The normalized spacial score (nSPS) is 11.8. The Hall–Kier alpha value is -1.22. The van der Waals surface area contributed by atoms with Crippen molar-refractivity contribution in [2.45, 2.75) is 25.1 Å². The quantitative estimate of drug-likeness (QED) is 0.752. The summed E-state index contributed by atoms with van der Waals surface area (Å²) in [6.07, 6.45) is 0. The Bertz CT molecular complexity index is 712. The van der Waals surface area contributed by atoms with Crippen LogP contribution in [0.25, 0.3) is 0 Å². The molecule has 0 amide bonds. The van der Waals surface area contributed by atoms with Gasteiger partial charge in [0.15, 0.2) is 5.03 Å².